The van der Waals surface area contributed by atoms with Crippen LogP contribution >= 0.6 is 0 Å². The molecule has 2 saturated carbocycles. The summed E-state index contributed by atoms with van der Waals surface area (Å²) < 4.78 is 11.7. The molecule has 4 rings (SSSR count). The molecule has 0 heterocycles. The summed E-state index contributed by atoms with van der Waals surface area (Å²) in [6.45, 7) is 8.24. The van der Waals surface area contributed by atoms with Crippen molar-refractivity contribution in [1.82, 2.24) is 5.32 Å². The van der Waals surface area contributed by atoms with Gasteiger partial charge in [-0.05, 0) is 92.5 Å². The van der Waals surface area contributed by atoms with Gasteiger partial charge in [0, 0.05) is 18.6 Å². The van der Waals surface area contributed by atoms with Crippen molar-refractivity contribution >= 4 is 0 Å². The molecule has 1 aromatic carbocycles. The minimum Gasteiger partial charge on any atom is -0.496 e. The molecule has 1 N–H and O–H groups in total. The maximum absolute atomic E-state index is 5.97. The average Bonchev–Trinajstić information content (AvgIpc) is 3.50. The van der Waals surface area contributed by atoms with Gasteiger partial charge in [-0.15, -0.1) is 0 Å². The van der Waals surface area contributed by atoms with E-state index in [1.807, 2.05) is 14.2 Å². The molecule has 2 fully saturated rings. The van der Waals surface area contributed by atoms with Crippen molar-refractivity contribution in [1.29, 1.82) is 0 Å². The van der Waals surface area contributed by atoms with Crippen LogP contribution in [0.5, 0.6) is 5.75 Å². The highest BCUT2D eigenvalue weighted by Crippen LogP contribution is 2.56. The fourth-order valence-corrected chi connectivity index (χ4v) is 6.66. The van der Waals surface area contributed by atoms with E-state index in [2.05, 4.69) is 38.2 Å². The summed E-state index contributed by atoms with van der Waals surface area (Å²) in [6.07, 6.45) is 9.25. The maximum Gasteiger partial charge on any atom is 0.122 e. The number of hydrogen-bond donors (Lipinski definition) is 1. The molecule has 4 unspecified atom stereocenters. The lowest BCUT2D eigenvalue weighted by Crippen LogP contribution is -2.58. The smallest absolute Gasteiger partial charge is 0.122 e. The molecule has 3 aliphatic rings. The molecule has 0 radical (unpaired) electrons. The van der Waals surface area contributed by atoms with Crippen molar-refractivity contribution in [2.45, 2.75) is 83.3 Å². The second-order valence-corrected chi connectivity index (χ2v) is 9.79. The van der Waals surface area contributed by atoms with Crippen molar-refractivity contribution in [3.8, 4) is 5.75 Å². The number of hydrogen-bond acceptors (Lipinski definition) is 3. The van der Waals surface area contributed by atoms with Crippen molar-refractivity contribution < 1.29 is 9.47 Å². The van der Waals surface area contributed by atoms with Crippen LogP contribution in [0.1, 0.15) is 69.1 Å². The van der Waals surface area contributed by atoms with E-state index >= 15 is 0 Å². The molecule has 0 amide bonds. The van der Waals surface area contributed by atoms with Gasteiger partial charge in [0.2, 0.25) is 0 Å². The molecule has 5 atom stereocenters. The molecular formula is C25H39NO2. The van der Waals surface area contributed by atoms with Crippen molar-refractivity contribution in [3.63, 3.8) is 0 Å². The van der Waals surface area contributed by atoms with Crippen LogP contribution < -0.4 is 10.1 Å². The fourth-order valence-electron chi connectivity index (χ4n) is 6.66. The molecule has 0 saturated heterocycles. The number of methoxy groups -OCH3 is 2. The van der Waals surface area contributed by atoms with Crippen LogP contribution in [-0.4, -0.2) is 32.9 Å². The lowest BCUT2D eigenvalue weighted by molar-refractivity contribution is -0.0408. The van der Waals surface area contributed by atoms with E-state index in [4.69, 9.17) is 9.47 Å². The van der Waals surface area contributed by atoms with Crippen LogP contribution in [0, 0.1) is 24.7 Å². The van der Waals surface area contributed by atoms with Crippen LogP contribution in [0.4, 0.5) is 0 Å². The van der Waals surface area contributed by atoms with E-state index < -0.39 is 0 Å². The zero-order valence-electron chi connectivity index (χ0n) is 18.5. The Labute approximate surface area is 171 Å². The van der Waals surface area contributed by atoms with Gasteiger partial charge in [-0.2, -0.15) is 0 Å². The Bertz CT molecular complexity index is 698. The highest BCUT2D eigenvalue weighted by molar-refractivity contribution is 5.51. The number of benzene rings is 1. The number of fused-ring (bicyclic) bond motifs is 3. The Morgan fingerprint density at radius 2 is 2.00 bits per heavy atom. The Balaban J connectivity index is 1.80. The van der Waals surface area contributed by atoms with Gasteiger partial charge in [-0.1, -0.05) is 26.3 Å². The molecule has 3 nitrogen and oxygen atoms in total. The van der Waals surface area contributed by atoms with Crippen LogP contribution in [0.3, 0.4) is 0 Å². The molecule has 1 aromatic rings. The summed E-state index contributed by atoms with van der Waals surface area (Å²) in [4.78, 5) is 0. The van der Waals surface area contributed by atoms with Gasteiger partial charge >= 0.3 is 0 Å². The third-order valence-electron chi connectivity index (χ3n) is 8.03. The molecule has 0 spiro atoms. The first kappa shape index (κ1) is 20.2. The molecule has 156 valence electrons. The Morgan fingerprint density at radius 3 is 2.64 bits per heavy atom. The zero-order chi connectivity index (χ0) is 19.9. The van der Waals surface area contributed by atoms with Crippen molar-refractivity contribution in [3.05, 3.63) is 28.8 Å². The van der Waals surface area contributed by atoms with E-state index in [9.17, 15) is 0 Å². The van der Waals surface area contributed by atoms with Crippen LogP contribution in [0.2, 0.25) is 0 Å². The first-order valence-corrected chi connectivity index (χ1v) is 11.5. The summed E-state index contributed by atoms with van der Waals surface area (Å²) in [5.74, 6) is 3.21. The van der Waals surface area contributed by atoms with E-state index in [1.165, 1.54) is 50.6 Å². The monoisotopic (exact) mass is 385 g/mol. The minimum atomic E-state index is 0.247. The van der Waals surface area contributed by atoms with Crippen LogP contribution in [-0.2, 0) is 16.6 Å². The lowest BCUT2D eigenvalue weighted by Gasteiger charge is -2.56. The van der Waals surface area contributed by atoms with Crippen molar-refractivity contribution in [2.75, 3.05) is 20.8 Å². The molecule has 3 aliphatic carbocycles. The third kappa shape index (κ3) is 3.39. The standard InChI is InChI=1S/C25H39NO2/c1-6-11-25-14-16(2)23(28-5)13-20(25)21(26-15-18-7-8-18)12-19-9-10-22(27-4)17(3)24(19)25/h9-10,16,18,20-21,23,26H,6-8,11-15H2,1-5H3/t16?,20?,21?,23?,25-/m1/s1. The largest absolute Gasteiger partial charge is 0.496 e. The van der Waals surface area contributed by atoms with E-state index in [0.29, 0.717) is 24.0 Å². The SMILES string of the molecule is CCC[C@@]12CC(C)C(OC)CC1C(NCC1CC1)Cc1ccc(OC)c(C)c12. The first-order chi connectivity index (χ1) is 13.5. The molecule has 0 bridgehead atoms. The molecule has 0 aliphatic heterocycles. The molecule has 0 aromatic heterocycles. The van der Waals surface area contributed by atoms with Crippen molar-refractivity contribution in [2.24, 2.45) is 17.8 Å². The predicted octanol–water partition coefficient (Wildman–Crippen LogP) is 5.03. The van der Waals surface area contributed by atoms with Gasteiger partial charge in [-0.25, -0.2) is 0 Å². The average molecular weight is 386 g/mol. The highest BCUT2D eigenvalue weighted by atomic mass is 16.5. The minimum absolute atomic E-state index is 0.247. The highest BCUT2D eigenvalue weighted by Gasteiger charge is 2.53. The van der Waals surface area contributed by atoms with Gasteiger partial charge in [0.05, 0.1) is 13.2 Å². The van der Waals surface area contributed by atoms with Gasteiger partial charge < -0.3 is 14.8 Å². The van der Waals surface area contributed by atoms with Gasteiger partial charge in [0.25, 0.3) is 0 Å². The second-order valence-electron chi connectivity index (χ2n) is 9.79. The third-order valence-corrected chi connectivity index (χ3v) is 8.03. The zero-order valence-corrected chi connectivity index (χ0v) is 18.5. The summed E-state index contributed by atoms with van der Waals surface area (Å²) in [7, 11) is 3.72. The molecule has 3 heteroatoms. The topological polar surface area (TPSA) is 30.5 Å². The normalized spacial score (nSPS) is 34.6. The van der Waals surface area contributed by atoms with E-state index in [-0.39, 0.29) is 5.41 Å². The first-order valence-electron chi connectivity index (χ1n) is 11.5. The quantitative estimate of drug-likeness (QED) is 0.714. The van der Waals surface area contributed by atoms with E-state index in [0.717, 1.165) is 18.1 Å². The van der Waals surface area contributed by atoms with Crippen LogP contribution in [0.15, 0.2) is 12.1 Å². The maximum atomic E-state index is 5.97. The summed E-state index contributed by atoms with van der Waals surface area (Å²) in [5, 5.41) is 4.03. The summed E-state index contributed by atoms with van der Waals surface area (Å²) in [6, 6.07) is 5.11. The second kappa shape index (κ2) is 7.99. The van der Waals surface area contributed by atoms with E-state index in [1.54, 1.807) is 11.1 Å². The predicted molar refractivity (Wildman–Crippen MR) is 115 cm³/mol. The number of rotatable bonds is 7. The Morgan fingerprint density at radius 1 is 1.21 bits per heavy atom. The summed E-state index contributed by atoms with van der Waals surface area (Å²) >= 11 is 0. The van der Waals surface area contributed by atoms with Crippen LogP contribution in [0.25, 0.3) is 0 Å². The summed E-state index contributed by atoms with van der Waals surface area (Å²) in [5.41, 5.74) is 4.79. The molecule has 28 heavy (non-hydrogen) atoms. The Hall–Kier alpha value is -1.06. The lowest BCUT2D eigenvalue weighted by atomic mass is 9.51. The van der Waals surface area contributed by atoms with Gasteiger partial charge in [0.15, 0.2) is 0 Å². The molecular weight excluding hydrogens is 346 g/mol. The fraction of sp³-hybridized carbons (Fsp3) is 0.760. The Kier molecular flexibility index (Phi) is 5.77. The number of ether oxygens (including phenoxy) is 2. The van der Waals surface area contributed by atoms with Gasteiger partial charge in [0.1, 0.15) is 5.75 Å². The number of nitrogens with one attached hydrogen (secondary N) is 1. The van der Waals surface area contributed by atoms with Gasteiger partial charge in [-0.3, -0.25) is 0 Å².